The monoisotopic (exact) mass is 389 g/mol. The van der Waals surface area contributed by atoms with E-state index in [-0.39, 0.29) is 11.6 Å². The molecule has 1 heterocycles. The van der Waals surface area contributed by atoms with Crippen molar-refractivity contribution in [3.63, 3.8) is 0 Å². The number of benzene rings is 2. The van der Waals surface area contributed by atoms with Gasteiger partial charge in [0.1, 0.15) is 17.5 Å². The summed E-state index contributed by atoms with van der Waals surface area (Å²) in [5.41, 5.74) is 4.53. The van der Waals surface area contributed by atoms with Gasteiger partial charge in [-0.15, -0.1) is 0 Å². The number of non-ortho nitro benzene ring substituents is 1. The van der Waals surface area contributed by atoms with Gasteiger partial charge in [0.25, 0.3) is 5.69 Å². The number of hydrazine groups is 1. The molecule has 3 aromatic rings. The molecule has 1 N–H and O–H groups in total. The number of nitrogens with zero attached hydrogens (tertiary/aromatic N) is 2. The van der Waals surface area contributed by atoms with E-state index in [0.717, 1.165) is 9.86 Å². The van der Waals surface area contributed by atoms with E-state index in [1.165, 1.54) is 30.3 Å². The van der Waals surface area contributed by atoms with E-state index in [2.05, 4.69) is 21.4 Å². The van der Waals surface area contributed by atoms with Crippen LogP contribution >= 0.6 is 15.9 Å². The Morgan fingerprint density at radius 3 is 2.58 bits per heavy atom. The molecule has 0 unspecified atom stereocenters. The van der Waals surface area contributed by atoms with Crippen LogP contribution in [0.1, 0.15) is 6.92 Å². The summed E-state index contributed by atoms with van der Waals surface area (Å²) in [6, 6.07) is 11.4. The minimum absolute atomic E-state index is 0.0266. The zero-order chi connectivity index (χ0) is 17.3. The van der Waals surface area contributed by atoms with Gasteiger partial charge < -0.3 is 4.42 Å². The summed E-state index contributed by atoms with van der Waals surface area (Å²) in [4.78, 5) is 21.9. The Morgan fingerprint density at radius 2 is 1.96 bits per heavy atom. The molecule has 0 fully saturated rings. The van der Waals surface area contributed by atoms with Crippen molar-refractivity contribution in [1.29, 1.82) is 0 Å². The minimum atomic E-state index is -0.475. The summed E-state index contributed by atoms with van der Waals surface area (Å²) >= 11 is 3.41. The number of amides is 1. The van der Waals surface area contributed by atoms with E-state index in [1.807, 2.05) is 18.2 Å². The summed E-state index contributed by atoms with van der Waals surface area (Å²) in [6.07, 6.45) is 1.52. The average Bonchev–Trinajstić information content (AvgIpc) is 2.95. The van der Waals surface area contributed by atoms with E-state index in [9.17, 15) is 14.9 Å². The van der Waals surface area contributed by atoms with Crippen LogP contribution in [-0.4, -0.2) is 10.8 Å². The number of nitrogens with one attached hydrogen (secondary N) is 1. The van der Waals surface area contributed by atoms with E-state index in [1.54, 1.807) is 12.1 Å². The number of nitro benzene ring substituents is 1. The summed E-state index contributed by atoms with van der Waals surface area (Å²) in [5.74, 6) is -0.280. The van der Waals surface area contributed by atoms with E-state index < -0.39 is 4.92 Å². The first-order valence-corrected chi connectivity index (χ1v) is 7.73. The average molecular weight is 390 g/mol. The van der Waals surface area contributed by atoms with Gasteiger partial charge in [-0.25, -0.2) is 5.01 Å². The van der Waals surface area contributed by atoms with Crippen LogP contribution in [0.25, 0.3) is 11.0 Å². The smallest absolute Gasteiger partial charge is 0.269 e. The second-order valence-electron chi connectivity index (χ2n) is 5.04. The first kappa shape index (κ1) is 16.0. The lowest BCUT2D eigenvalue weighted by atomic mass is 10.2. The van der Waals surface area contributed by atoms with E-state index in [4.69, 9.17) is 4.42 Å². The number of carbonyl (C=O) groups is 1. The fourth-order valence-electron chi connectivity index (χ4n) is 2.31. The van der Waals surface area contributed by atoms with E-state index in [0.29, 0.717) is 17.0 Å². The highest BCUT2D eigenvalue weighted by Crippen LogP contribution is 2.34. The van der Waals surface area contributed by atoms with Crippen LogP contribution < -0.4 is 10.4 Å². The maximum atomic E-state index is 11.6. The predicted molar refractivity (Wildman–Crippen MR) is 93.0 cm³/mol. The molecular formula is C16H12BrN3O4. The number of halogens is 1. The van der Waals surface area contributed by atoms with Crippen molar-refractivity contribution >= 4 is 49.9 Å². The fourth-order valence-corrected chi connectivity index (χ4v) is 2.67. The molecule has 0 saturated heterocycles. The topological polar surface area (TPSA) is 88.6 Å². The first-order chi connectivity index (χ1) is 11.5. The van der Waals surface area contributed by atoms with Crippen LogP contribution in [0.4, 0.5) is 17.1 Å². The Hall–Kier alpha value is -2.87. The Kier molecular flexibility index (Phi) is 4.22. The number of anilines is 2. The van der Waals surface area contributed by atoms with Gasteiger partial charge >= 0.3 is 0 Å². The zero-order valence-corrected chi connectivity index (χ0v) is 14.1. The third kappa shape index (κ3) is 3.09. The number of nitro groups is 1. The number of rotatable bonds is 4. The molecule has 24 heavy (non-hydrogen) atoms. The van der Waals surface area contributed by atoms with Crippen molar-refractivity contribution in [2.45, 2.75) is 6.92 Å². The molecule has 0 bridgehead atoms. The normalized spacial score (nSPS) is 10.6. The summed E-state index contributed by atoms with van der Waals surface area (Å²) < 4.78 is 6.39. The number of furan rings is 1. The zero-order valence-electron chi connectivity index (χ0n) is 12.5. The van der Waals surface area contributed by atoms with Crippen LogP contribution in [0, 0.1) is 10.1 Å². The van der Waals surface area contributed by atoms with Gasteiger partial charge in [0.05, 0.1) is 10.6 Å². The number of hydrogen-bond donors (Lipinski definition) is 1. The van der Waals surface area contributed by atoms with Crippen LogP contribution in [0.15, 0.2) is 57.6 Å². The Labute approximate surface area is 145 Å². The molecule has 3 rings (SSSR count). The minimum Gasteiger partial charge on any atom is -0.462 e. The van der Waals surface area contributed by atoms with Crippen LogP contribution in [0.2, 0.25) is 0 Å². The molecule has 1 amide bonds. The molecule has 7 nitrogen and oxygen atoms in total. The highest BCUT2D eigenvalue weighted by Gasteiger charge is 2.18. The van der Waals surface area contributed by atoms with Gasteiger partial charge in [0.2, 0.25) is 5.91 Å². The van der Waals surface area contributed by atoms with Gasteiger partial charge in [-0.1, -0.05) is 15.9 Å². The fraction of sp³-hybridized carbons (Fsp3) is 0.0625. The molecule has 0 aliphatic heterocycles. The van der Waals surface area contributed by atoms with Gasteiger partial charge in [0, 0.05) is 28.9 Å². The van der Waals surface area contributed by atoms with Gasteiger partial charge in [0.15, 0.2) is 0 Å². The standard InChI is InChI=1S/C16H12BrN3O4/c1-10(21)18-19(12-3-5-13(6-4-12)20(22)23)15-9-24-16-7-2-11(17)8-14(15)16/h2-9H,1H3,(H,18,21). The highest BCUT2D eigenvalue weighted by atomic mass is 79.9. The molecule has 0 aliphatic rings. The molecule has 1 aromatic heterocycles. The molecule has 2 aromatic carbocycles. The predicted octanol–water partition coefficient (Wildman–Crippen LogP) is 4.29. The van der Waals surface area contributed by atoms with Gasteiger partial charge in [-0.2, -0.15) is 0 Å². The molecule has 0 atom stereocenters. The molecule has 0 spiro atoms. The van der Waals surface area contributed by atoms with Crippen molar-refractivity contribution in [3.8, 4) is 0 Å². The van der Waals surface area contributed by atoms with Crippen LogP contribution in [0.5, 0.6) is 0 Å². The Balaban J connectivity index is 2.09. The molecule has 8 heteroatoms. The summed E-state index contributed by atoms with van der Waals surface area (Å²) in [5, 5.41) is 13.1. The number of carbonyl (C=O) groups excluding carboxylic acids is 1. The third-order valence-electron chi connectivity index (χ3n) is 3.34. The van der Waals surface area contributed by atoms with Crippen LogP contribution in [-0.2, 0) is 4.79 Å². The Morgan fingerprint density at radius 1 is 1.25 bits per heavy atom. The lowest BCUT2D eigenvalue weighted by Crippen LogP contribution is -2.37. The van der Waals surface area contributed by atoms with Crippen molar-refractivity contribution in [2.24, 2.45) is 0 Å². The summed E-state index contributed by atoms with van der Waals surface area (Å²) in [7, 11) is 0. The second kappa shape index (κ2) is 6.32. The van der Waals surface area contributed by atoms with E-state index >= 15 is 0 Å². The molecule has 0 aliphatic carbocycles. The van der Waals surface area contributed by atoms with Crippen molar-refractivity contribution in [1.82, 2.24) is 5.43 Å². The quantitative estimate of drug-likeness (QED) is 0.530. The first-order valence-electron chi connectivity index (χ1n) is 6.94. The third-order valence-corrected chi connectivity index (χ3v) is 3.84. The number of fused-ring (bicyclic) bond motifs is 1. The maximum Gasteiger partial charge on any atom is 0.269 e. The van der Waals surface area contributed by atoms with Crippen molar-refractivity contribution in [2.75, 3.05) is 5.01 Å². The lowest BCUT2D eigenvalue weighted by Gasteiger charge is -2.23. The van der Waals surface area contributed by atoms with Gasteiger partial charge in [-0.3, -0.25) is 20.3 Å². The SMILES string of the molecule is CC(=O)NN(c1ccc([N+](=O)[O-])cc1)c1coc2ccc(Br)cc12. The molecule has 0 saturated carbocycles. The highest BCUT2D eigenvalue weighted by molar-refractivity contribution is 9.10. The second-order valence-corrected chi connectivity index (χ2v) is 5.95. The Bertz CT molecular complexity index is 921. The number of hydrogen-bond acceptors (Lipinski definition) is 5. The van der Waals surface area contributed by atoms with Crippen molar-refractivity contribution < 1.29 is 14.1 Å². The molecular weight excluding hydrogens is 378 g/mol. The van der Waals surface area contributed by atoms with Crippen LogP contribution in [0.3, 0.4) is 0 Å². The van der Waals surface area contributed by atoms with Crippen molar-refractivity contribution in [3.05, 3.63) is 63.3 Å². The lowest BCUT2D eigenvalue weighted by molar-refractivity contribution is -0.384. The van der Waals surface area contributed by atoms with Gasteiger partial charge in [-0.05, 0) is 30.3 Å². The largest absolute Gasteiger partial charge is 0.462 e. The molecule has 122 valence electrons. The summed E-state index contributed by atoms with van der Waals surface area (Å²) in [6.45, 7) is 1.39. The molecule has 0 radical (unpaired) electrons. The maximum absolute atomic E-state index is 11.6.